The Kier molecular flexibility index (Phi) is 10.8. The molecule has 1 saturated heterocycles. The molecule has 5 N–H and O–H groups in total. The summed E-state index contributed by atoms with van der Waals surface area (Å²) in [6.45, 7) is 30.0. The van der Waals surface area contributed by atoms with Crippen molar-refractivity contribution in [2.45, 2.75) is 159 Å². The van der Waals surface area contributed by atoms with Crippen molar-refractivity contribution in [1.29, 1.82) is 0 Å². The summed E-state index contributed by atoms with van der Waals surface area (Å²) in [4.78, 5) is 17.9. The summed E-state index contributed by atoms with van der Waals surface area (Å²) in [6.07, 6.45) is 10.4. The number of anilines is 1. The van der Waals surface area contributed by atoms with E-state index in [0.717, 1.165) is 44.9 Å². The first kappa shape index (κ1) is 40.2. The number of aromatic nitrogens is 3. The van der Waals surface area contributed by atoms with Crippen molar-refractivity contribution < 1.29 is 19.4 Å². The number of carboxylic acids is 1. The van der Waals surface area contributed by atoms with E-state index in [4.69, 9.17) is 20.9 Å². The largest absolute Gasteiger partial charge is 0.481 e. The zero-order chi connectivity index (χ0) is 38.1. The van der Waals surface area contributed by atoms with E-state index in [1.165, 1.54) is 5.57 Å². The van der Waals surface area contributed by atoms with Crippen molar-refractivity contribution >= 4 is 11.9 Å². The molecule has 51 heavy (non-hydrogen) atoms. The number of fused-ring (bicyclic) bond motifs is 1. The van der Waals surface area contributed by atoms with Gasteiger partial charge in [-0.3, -0.25) is 4.79 Å². The molecule has 3 aliphatic carbocycles. The fourth-order valence-corrected chi connectivity index (χ4v) is 11.5. The minimum Gasteiger partial charge on any atom is -0.481 e. The average molecular weight is 712 g/mol. The van der Waals surface area contributed by atoms with Gasteiger partial charge in [0, 0.05) is 16.4 Å². The van der Waals surface area contributed by atoms with Crippen molar-refractivity contribution in [1.82, 2.24) is 14.8 Å². The lowest BCUT2D eigenvalue weighted by Crippen LogP contribution is -2.63. The Balaban J connectivity index is 1.66. The lowest BCUT2D eigenvalue weighted by Gasteiger charge is -2.62. The minimum atomic E-state index is -0.880. The molecule has 4 aliphatic rings. The van der Waals surface area contributed by atoms with Crippen LogP contribution in [0.2, 0.25) is 0 Å². The Labute approximate surface area is 309 Å². The Bertz CT molecular complexity index is 1450. The Morgan fingerprint density at radius 1 is 1.08 bits per heavy atom. The Morgan fingerprint density at radius 2 is 1.75 bits per heavy atom. The summed E-state index contributed by atoms with van der Waals surface area (Å²) in [6, 6.07) is -0.131. The van der Waals surface area contributed by atoms with Gasteiger partial charge in [-0.25, -0.2) is 9.67 Å². The fourth-order valence-electron chi connectivity index (χ4n) is 11.5. The van der Waals surface area contributed by atoms with Crippen LogP contribution in [0.1, 0.15) is 141 Å². The molecule has 1 aromatic rings. The molecule has 0 amide bonds. The monoisotopic (exact) mass is 712 g/mol. The van der Waals surface area contributed by atoms with Crippen LogP contribution in [0.25, 0.3) is 0 Å². The maximum Gasteiger partial charge on any atom is 0.310 e. The maximum atomic E-state index is 13.5. The molecule has 9 nitrogen and oxygen atoms in total. The van der Waals surface area contributed by atoms with Gasteiger partial charge in [0.05, 0.1) is 36.9 Å². The summed E-state index contributed by atoms with van der Waals surface area (Å²) < 4.78 is 16.1. The van der Waals surface area contributed by atoms with Gasteiger partial charge in [0.1, 0.15) is 6.33 Å². The molecule has 290 valence electrons. The Morgan fingerprint density at radius 3 is 2.31 bits per heavy atom. The van der Waals surface area contributed by atoms with Crippen molar-refractivity contribution in [2.75, 3.05) is 18.9 Å². The van der Waals surface area contributed by atoms with Gasteiger partial charge < -0.3 is 26.0 Å². The van der Waals surface area contributed by atoms with Gasteiger partial charge in [-0.1, -0.05) is 80.9 Å². The van der Waals surface area contributed by atoms with Gasteiger partial charge in [-0.2, -0.15) is 5.10 Å². The van der Waals surface area contributed by atoms with Crippen LogP contribution in [-0.2, 0) is 14.3 Å². The van der Waals surface area contributed by atoms with Gasteiger partial charge >= 0.3 is 5.97 Å². The summed E-state index contributed by atoms with van der Waals surface area (Å²) in [5, 5.41) is 15.8. The lowest BCUT2D eigenvalue weighted by atomic mass is 9.46. The van der Waals surface area contributed by atoms with Crippen LogP contribution in [0.5, 0.6) is 0 Å². The summed E-state index contributed by atoms with van der Waals surface area (Å²) in [7, 11) is 0. The third kappa shape index (κ3) is 6.21. The molecule has 13 unspecified atom stereocenters. The quantitative estimate of drug-likeness (QED) is 0.239. The second-order valence-corrected chi connectivity index (χ2v) is 20.1. The highest BCUT2D eigenvalue weighted by atomic mass is 16.5. The van der Waals surface area contributed by atoms with E-state index in [1.54, 1.807) is 6.33 Å². The predicted molar refractivity (Wildman–Crippen MR) is 205 cm³/mol. The highest BCUT2D eigenvalue weighted by Gasteiger charge is 2.66. The molecule has 0 spiro atoms. The topological polar surface area (TPSA) is 139 Å². The number of rotatable bonds is 7. The smallest absolute Gasteiger partial charge is 0.310 e. The molecule has 5 rings (SSSR count). The standard InChI is InChI=1S/C42H73N5O4/c1-25(2)28(5)39(11)20-18-26(3)30-15-17-33-38(10)22-50-29(6)42(33,31(30)16-14-27(4)41(39,13)35(48)49)21-19-32(47-36(43)45-24-46-47)34(38)51-23-40(12,44)37(7,8)9/h16,24-30,32-34H,14-15,17-23,44H2,1-13H3,(H,48,49)(H2,43,45,46). The number of allylic oxidation sites excluding steroid dienone is 1. The number of aliphatic carboxylic acids is 1. The molecular weight excluding hydrogens is 638 g/mol. The molecular formula is C42H73N5O4. The zero-order valence-corrected chi connectivity index (χ0v) is 34.4. The van der Waals surface area contributed by atoms with E-state index in [1.807, 2.05) is 4.68 Å². The summed E-state index contributed by atoms with van der Waals surface area (Å²) >= 11 is 0. The van der Waals surface area contributed by atoms with Crippen molar-refractivity contribution in [3.8, 4) is 0 Å². The normalized spacial score (nSPS) is 42.5. The summed E-state index contributed by atoms with van der Waals surface area (Å²) in [5.41, 5.74) is 12.5. The van der Waals surface area contributed by atoms with Crippen LogP contribution >= 0.6 is 0 Å². The number of nitrogens with two attached hydrogens (primary N) is 2. The predicted octanol–water partition coefficient (Wildman–Crippen LogP) is 8.55. The highest BCUT2D eigenvalue weighted by Crippen LogP contribution is 2.68. The number of carboxylic acid groups (broad SMARTS) is 1. The van der Waals surface area contributed by atoms with Crippen LogP contribution in [0, 0.1) is 62.6 Å². The molecule has 2 heterocycles. The van der Waals surface area contributed by atoms with Crippen LogP contribution < -0.4 is 11.5 Å². The molecule has 0 radical (unpaired) electrons. The van der Waals surface area contributed by atoms with Gasteiger partial charge in [0.15, 0.2) is 0 Å². The lowest BCUT2D eigenvalue weighted by molar-refractivity contribution is -0.219. The number of hydrogen-bond acceptors (Lipinski definition) is 7. The van der Waals surface area contributed by atoms with Gasteiger partial charge in [0.2, 0.25) is 5.95 Å². The highest BCUT2D eigenvalue weighted by molar-refractivity contribution is 5.76. The van der Waals surface area contributed by atoms with Crippen molar-refractivity contribution in [2.24, 2.45) is 68.3 Å². The third-order valence-corrected chi connectivity index (χ3v) is 16.7. The first-order valence-corrected chi connectivity index (χ1v) is 20.1. The molecule has 9 heteroatoms. The number of ether oxygens (including phenoxy) is 2. The SMILES string of the molecule is CC(C)C(C)C1(C)CCC(C)C2CCC3C4(C)COC(C)C3(CCC(n3ncnc3N)C4OCC(C)(N)C(C)(C)C)C2=CCC(C)C1(C)C(=O)O. The number of nitrogens with zero attached hydrogens (tertiary/aromatic N) is 3. The third-order valence-electron chi connectivity index (χ3n) is 16.7. The van der Waals surface area contributed by atoms with E-state index < -0.39 is 16.9 Å². The van der Waals surface area contributed by atoms with Crippen LogP contribution in [0.15, 0.2) is 18.0 Å². The molecule has 13 atom stereocenters. The first-order valence-electron chi connectivity index (χ1n) is 20.1. The second-order valence-electron chi connectivity index (χ2n) is 20.1. The van der Waals surface area contributed by atoms with E-state index >= 15 is 0 Å². The molecule has 2 bridgehead atoms. The average Bonchev–Trinajstić information content (AvgIpc) is 3.45. The van der Waals surface area contributed by atoms with Crippen LogP contribution in [0.3, 0.4) is 0 Å². The maximum absolute atomic E-state index is 13.5. The van der Waals surface area contributed by atoms with Crippen LogP contribution in [-0.4, -0.2) is 56.8 Å². The molecule has 1 aromatic heterocycles. The Hall–Kier alpha value is -1.97. The number of carbonyl (C=O) groups is 1. The van der Waals surface area contributed by atoms with E-state index in [-0.39, 0.29) is 51.7 Å². The molecule has 3 fully saturated rings. The molecule has 1 aliphatic heterocycles. The second kappa shape index (κ2) is 13.7. The van der Waals surface area contributed by atoms with E-state index in [0.29, 0.717) is 42.8 Å². The van der Waals surface area contributed by atoms with E-state index in [9.17, 15) is 9.90 Å². The van der Waals surface area contributed by atoms with E-state index in [2.05, 4.69) is 106 Å². The molecule has 0 aromatic carbocycles. The fraction of sp³-hybridized carbons (Fsp3) is 0.881. The first-order chi connectivity index (χ1) is 23.5. The van der Waals surface area contributed by atoms with Gasteiger partial charge in [-0.15, -0.1) is 0 Å². The minimum absolute atomic E-state index is 0.00833. The number of nitrogen functional groups attached to an aromatic ring is 1. The zero-order valence-electron chi connectivity index (χ0n) is 34.4. The van der Waals surface area contributed by atoms with Crippen LogP contribution in [0.4, 0.5) is 5.95 Å². The summed E-state index contributed by atoms with van der Waals surface area (Å²) in [5.74, 6) is 1.48. The molecule has 2 saturated carbocycles. The number of hydrogen-bond donors (Lipinski definition) is 3. The van der Waals surface area contributed by atoms with Gasteiger partial charge in [0.25, 0.3) is 0 Å². The van der Waals surface area contributed by atoms with Gasteiger partial charge in [-0.05, 0) is 112 Å². The van der Waals surface area contributed by atoms with Crippen molar-refractivity contribution in [3.63, 3.8) is 0 Å². The van der Waals surface area contributed by atoms with Crippen molar-refractivity contribution in [3.05, 3.63) is 18.0 Å².